The molecule has 0 aromatic heterocycles. The van der Waals surface area contributed by atoms with Gasteiger partial charge in [0.15, 0.2) is 0 Å². The topological polar surface area (TPSA) is 49.4 Å². The third-order valence-electron chi connectivity index (χ3n) is 4.85. The van der Waals surface area contributed by atoms with Crippen LogP contribution in [0.5, 0.6) is 0 Å². The molecule has 0 radical (unpaired) electrons. The van der Waals surface area contributed by atoms with Gasteiger partial charge in [-0.15, -0.1) is 0 Å². The zero-order valence-electron chi connectivity index (χ0n) is 18.0. The number of halogens is 2. The summed E-state index contributed by atoms with van der Waals surface area (Å²) in [6.45, 7) is 8.85. The molecule has 2 amide bonds. The molecule has 2 aromatic carbocycles. The van der Waals surface area contributed by atoms with E-state index in [1.807, 2.05) is 58.0 Å². The van der Waals surface area contributed by atoms with E-state index in [1.165, 1.54) is 0 Å². The Bertz CT molecular complexity index is 883. The Hall–Kier alpha value is -2.04. The monoisotopic (exact) mass is 448 g/mol. The molecule has 0 aliphatic heterocycles. The lowest BCUT2D eigenvalue weighted by Gasteiger charge is -2.31. The minimum Gasteiger partial charge on any atom is -0.354 e. The third-order valence-corrected chi connectivity index (χ3v) is 5.58. The summed E-state index contributed by atoms with van der Waals surface area (Å²) in [5.41, 5.74) is 2.85. The van der Waals surface area contributed by atoms with Crippen LogP contribution in [0.1, 0.15) is 43.9 Å². The number of carbonyl (C=O) groups is 2. The van der Waals surface area contributed by atoms with E-state index in [0.717, 1.165) is 16.7 Å². The van der Waals surface area contributed by atoms with Crippen LogP contribution in [0.3, 0.4) is 0 Å². The molecule has 162 valence electrons. The van der Waals surface area contributed by atoms with E-state index in [1.54, 1.807) is 17.0 Å². The van der Waals surface area contributed by atoms with E-state index >= 15 is 0 Å². The lowest BCUT2D eigenvalue weighted by atomic mass is 10.0. The lowest BCUT2D eigenvalue weighted by Crippen LogP contribution is -2.50. The fraction of sp³-hybridized carbons (Fsp3) is 0.417. The summed E-state index contributed by atoms with van der Waals surface area (Å²) in [6, 6.07) is 12.6. The van der Waals surface area contributed by atoms with Crippen molar-refractivity contribution in [1.82, 2.24) is 10.2 Å². The summed E-state index contributed by atoms with van der Waals surface area (Å²) in [4.78, 5) is 27.9. The number of amides is 2. The Morgan fingerprint density at radius 2 is 1.77 bits per heavy atom. The zero-order valence-corrected chi connectivity index (χ0v) is 19.6. The Morgan fingerprint density at radius 1 is 1.03 bits per heavy atom. The van der Waals surface area contributed by atoms with Crippen LogP contribution < -0.4 is 5.32 Å². The normalized spacial score (nSPS) is 12.0. The average Bonchev–Trinajstić information content (AvgIpc) is 2.68. The van der Waals surface area contributed by atoms with Gasteiger partial charge in [-0.05, 0) is 42.5 Å². The minimum atomic E-state index is -0.560. The maximum atomic E-state index is 13.3. The van der Waals surface area contributed by atoms with E-state index in [0.29, 0.717) is 28.9 Å². The van der Waals surface area contributed by atoms with Crippen molar-refractivity contribution in [1.29, 1.82) is 0 Å². The van der Waals surface area contributed by atoms with Crippen molar-refractivity contribution in [3.63, 3.8) is 0 Å². The molecule has 1 atom stereocenters. The van der Waals surface area contributed by atoms with Gasteiger partial charge in [-0.3, -0.25) is 9.59 Å². The summed E-state index contributed by atoms with van der Waals surface area (Å²) in [5.74, 6) is 0.0973. The number of hydrogen-bond donors (Lipinski definition) is 1. The molecule has 6 heteroatoms. The van der Waals surface area contributed by atoms with Gasteiger partial charge < -0.3 is 10.2 Å². The minimum absolute atomic E-state index is 0.0989. The molecule has 0 bridgehead atoms. The van der Waals surface area contributed by atoms with Crippen molar-refractivity contribution in [2.45, 2.75) is 53.1 Å². The number of carbonyl (C=O) groups excluding carboxylic acids is 2. The van der Waals surface area contributed by atoms with Crippen molar-refractivity contribution in [3.8, 4) is 0 Å². The zero-order chi connectivity index (χ0) is 22.3. The molecule has 1 N–H and O–H groups in total. The number of nitrogens with one attached hydrogen (secondary N) is 1. The van der Waals surface area contributed by atoms with Crippen molar-refractivity contribution < 1.29 is 9.59 Å². The highest BCUT2D eigenvalue weighted by molar-refractivity contribution is 6.42. The highest BCUT2D eigenvalue weighted by atomic mass is 35.5. The van der Waals surface area contributed by atoms with Crippen molar-refractivity contribution in [3.05, 3.63) is 69.2 Å². The van der Waals surface area contributed by atoms with Gasteiger partial charge in [-0.25, -0.2) is 0 Å². The molecule has 0 aliphatic rings. The van der Waals surface area contributed by atoms with Crippen molar-refractivity contribution in [2.24, 2.45) is 5.92 Å². The van der Waals surface area contributed by atoms with Gasteiger partial charge in [0.25, 0.3) is 0 Å². The second-order valence-corrected chi connectivity index (χ2v) is 8.81. The molecule has 0 saturated heterocycles. The summed E-state index contributed by atoms with van der Waals surface area (Å²) in [7, 11) is 0. The van der Waals surface area contributed by atoms with Crippen LogP contribution in [0.4, 0.5) is 0 Å². The van der Waals surface area contributed by atoms with Crippen LogP contribution in [0.25, 0.3) is 0 Å². The van der Waals surface area contributed by atoms with Crippen LogP contribution in [0, 0.1) is 12.8 Å². The van der Waals surface area contributed by atoms with Crippen LogP contribution in [0.15, 0.2) is 42.5 Å². The first-order valence-electron chi connectivity index (χ1n) is 10.3. The molecular formula is C24H30Cl2N2O2. The van der Waals surface area contributed by atoms with E-state index in [-0.39, 0.29) is 24.8 Å². The molecule has 0 saturated carbocycles. The van der Waals surface area contributed by atoms with Gasteiger partial charge >= 0.3 is 0 Å². The molecule has 0 fully saturated rings. The van der Waals surface area contributed by atoms with E-state index in [9.17, 15) is 9.59 Å². The molecule has 0 spiro atoms. The van der Waals surface area contributed by atoms with Gasteiger partial charge in [0, 0.05) is 13.1 Å². The number of hydrogen-bond acceptors (Lipinski definition) is 2. The molecule has 4 nitrogen and oxygen atoms in total. The Balaban J connectivity index is 2.30. The Morgan fingerprint density at radius 3 is 2.37 bits per heavy atom. The first-order chi connectivity index (χ1) is 14.2. The summed E-state index contributed by atoms with van der Waals surface area (Å²) < 4.78 is 0. The fourth-order valence-electron chi connectivity index (χ4n) is 3.27. The molecule has 1 unspecified atom stereocenters. The van der Waals surface area contributed by atoms with Crippen LogP contribution in [-0.4, -0.2) is 29.3 Å². The van der Waals surface area contributed by atoms with E-state index in [4.69, 9.17) is 23.2 Å². The Labute approximate surface area is 189 Å². The molecule has 0 aliphatic carbocycles. The Kier molecular flexibility index (Phi) is 9.19. The van der Waals surface area contributed by atoms with Crippen LogP contribution in [0.2, 0.25) is 10.0 Å². The number of benzene rings is 2. The average molecular weight is 449 g/mol. The number of aryl methyl sites for hydroxylation is 1. The highest BCUT2D eigenvalue weighted by Crippen LogP contribution is 2.24. The first-order valence-corrected chi connectivity index (χ1v) is 11.0. The predicted molar refractivity (Wildman–Crippen MR) is 124 cm³/mol. The van der Waals surface area contributed by atoms with E-state index < -0.39 is 6.04 Å². The first kappa shape index (κ1) is 24.2. The smallest absolute Gasteiger partial charge is 0.242 e. The second kappa shape index (κ2) is 11.4. The number of rotatable bonds is 9. The molecule has 0 heterocycles. The lowest BCUT2D eigenvalue weighted by molar-refractivity contribution is -0.141. The van der Waals surface area contributed by atoms with Gasteiger partial charge in [-0.1, -0.05) is 79.9 Å². The molecule has 30 heavy (non-hydrogen) atoms. The van der Waals surface area contributed by atoms with Crippen LogP contribution in [-0.2, 0) is 22.6 Å². The highest BCUT2D eigenvalue weighted by Gasteiger charge is 2.28. The SMILES string of the molecule is CCC(C(=O)NCC(C)C)N(Cc1ccc(Cl)c(Cl)c1)C(=O)Cc1cccc(C)c1. The molecular weight excluding hydrogens is 419 g/mol. The maximum absolute atomic E-state index is 13.3. The van der Waals surface area contributed by atoms with Crippen LogP contribution >= 0.6 is 23.2 Å². The van der Waals surface area contributed by atoms with Gasteiger partial charge in [0.1, 0.15) is 6.04 Å². The molecule has 2 rings (SSSR count). The van der Waals surface area contributed by atoms with Crippen molar-refractivity contribution in [2.75, 3.05) is 6.54 Å². The number of nitrogens with zero attached hydrogens (tertiary/aromatic N) is 1. The van der Waals surface area contributed by atoms with Gasteiger partial charge in [-0.2, -0.15) is 0 Å². The largest absolute Gasteiger partial charge is 0.354 e. The predicted octanol–water partition coefficient (Wildman–Crippen LogP) is 5.42. The third kappa shape index (κ3) is 7.03. The summed E-state index contributed by atoms with van der Waals surface area (Å²) in [5, 5.41) is 3.85. The van der Waals surface area contributed by atoms with Crippen molar-refractivity contribution >= 4 is 35.0 Å². The summed E-state index contributed by atoms with van der Waals surface area (Å²) in [6.07, 6.45) is 0.752. The van der Waals surface area contributed by atoms with Gasteiger partial charge in [0.05, 0.1) is 16.5 Å². The molecule has 2 aromatic rings. The summed E-state index contributed by atoms with van der Waals surface area (Å²) >= 11 is 12.2. The van der Waals surface area contributed by atoms with E-state index in [2.05, 4.69) is 5.32 Å². The second-order valence-electron chi connectivity index (χ2n) is 8.00. The maximum Gasteiger partial charge on any atom is 0.242 e. The van der Waals surface area contributed by atoms with Gasteiger partial charge in [0.2, 0.25) is 11.8 Å². The fourth-order valence-corrected chi connectivity index (χ4v) is 3.60. The standard InChI is InChI=1S/C24H30Cl2N2O2/c1-5-22(24(30)27-14-16(2)3)28(15-19-9-10-20(25)21(26)12-19)23(29)13-18-8-6-7-17(4)11-18/h6-12,16,22H,5,13-15H2,1-4H3,(H,27,30). The quantitative estimate of drug-likeness (QED) is 0.556.